The summed E-state index contributed by atoms with van der Waals surface area (Å²) in [5, 5.41) is 8.37. The number of nitrogens with zero attached hydrogens (tertiary/aromatic N) is 1. The first-order valence-corrected chi connectivity index (χ1v) is 4.61. The topological polar surface area (TPSA) is 40.9 Å². The fourth-order valence-corrected chi connectivity index (χ4v) is 1.52. The number of halogens is 1. The maximum Gasteiger partial charge on any atom is 0.178 e. The summed E-state index contributed by atoms with van der Waals surface area (Å²) in [4.78, 5) is 11.4. The molecule has 0 fully saturated rings. The van der Waals surface area contributed by atoms with Gasteiger partial charge in [0.2, 0.25) is 0 Å². The average molecular weight is 238 g/mol. The van der Waals surface area contributed by atoms with E-state index in [1.807, 2.05) is 25.1 Å². The Morgan fingerprint density at radius 2 is 2.31 bits per heavy atom. The van der Waals surface area contributed by atoms with Crippen molar-refractivity contribution in [2.24, 2.45) is 0 Å². The quantitative estimate of drug-likeness (QED) is 0.743. The van der Waals surface area contributed by atoms with Crippen LogP contribution in [0.25, 0.3) is 0 Å². The molecule has 13 heavy (non-hydrogen) atoms. The first-order valence-electron chi connectivity index (χ1n) is 3.82. The lowest BCUT2D eigenvalue weighted by atomic mass is 10.1. The van der Waals surface area contributed by atoms with Gasteiger partial charge in [0.15, 0.2) is 5.78 Å². The van der Waals surface area contributed by atoms with Crippen molar-refractivity contribution in [1.82, 2.24) is 0 Å². The third kappa shape index (κ3) is 2.16. The van der Waals surface area contributed by atoms with Crippen LogP contribution in [0.5, 0.6) is 0 Å². The Morgan fingerprint density at radius 3 is 2.92 bits per heavy atom. The molecule has 0 bridgehead atoms. The van der Waals surface area contributed by atoms with Gasteiger partial charge in [0, 0.05) is 10.0 Å². The summed E-state index contributed by atoms with van der Waals surface area (Å²) in [6, 6.07) is 7.28. The number of rotatable bonds is 2. The molecule has 0 aromatic heterocycles. The second kappa shape index (κ2) is 4.20. The van der Waals surface area contributed by atoms with Gasteiger partial charge in [0.1, 0.15) is 0 Å². The second-order valence-corrected chi connectivity index (χ2v) is 3.49. The summed E-state index contributed by atoms with van der Waals surface area (Å²) in [5.74, 6) is -0.141. The van der Waals surface area contributed by atoms with Crippen LogP contribution in [0.4, 0.5) is 0 Å². The first kappa shape index (κ1) is 9.94. The Balaban J connectivity index is 3.09. The van der Waals surface area contributed by atoms with Gasteiger partial charge < -0.3 is 0 Å². The molecule has 0 heterocycles. The molecular weight excluding hydrogens is 230 g/mol. The molecule has 1 aromatic carbocycles. The van der Waals surface area contributed by atoms with Gasteiger partial charge in [0.25, 0.3) is 0 Å². The number of aryl methyl sites for hydroxylation is 1. The highest BCUT2D eigenvalue weighted by molar-refractivity contribution is 9.10. The first-order chi connectivity index (χ1) is 6.16. The molecule has 0 aliphatic heterocycles. The molecule has 0 saturated heterocycles. The third-order valence-corrected chi connectivity index (χ3v) is 2.78. The van der Waals surface area contributed by atoms with E-state index in [4.69, 9.17) is 5.26 Å². The average Bonchev–Trinajstić information content (AvgIpc) is 2.10. The Labute approximate surface area is 85.3 Å². The highest BCUT2D eigenvalue weighted by atomic mass is 79.9. The molecule has 0 saturated carbocycles. The van der Waals surface area contributed by atoms with Crippen LogP contribution in [0.2, 0.25) is 0 Å². The van der Waals surface area contributed by atoms with Gasteiger partial charge in [-0.15, -0.1) is 0 Å². The van der Waals surface area contributed by atoms with Crippen molar-refractivity contribution in [3.05, 3.63) is 33.8 Å². The highest BCUT2D eigenvalue weighted by Gasteiger charge is 2.09. The monoisotopic (exact) mass is 237 g/mol. The van der Waals surface area contributed by atoms with Crippen LogP contribution < -0.4 is 0 Å². The Bertz CT molecular complexity index is 379. The number of benzene rings is 1. The van der Waals surface area contributed by atoms with E-state index in [0.29, 0.717) is 5.56 Å². The lowest BCUT2D eigenvalue weighted by Gasteiger charge is -2.02. The summed E-state index contributed by atoms with van der Waals surface area (Å²) in [7, 11) is 0. The zero-order valence-electron chi connectivity index (χ0n) is 7.17. The standard InChI is InChI=1S/C10H8BrNO/c1-7-3-2-4-8(10(7)11)9(13)5-6-12/h2-4H,5H2,1H3. The summed E-state index contributed by atoms with van der Waals surface area (Å²) in [6.45, 7) is 1.91. The maximum atomic E-state index is 11.4. The molecular formula is C10H8BrNO. The van der Waals surface area contributed by atoms with Crippen molar-refractivity contribution in [3.8, 4) is 6.07 Å². The molecule has 0 spiro atoms. The van der Waals surface area contributed by atoms with Crippen LogP contribution in [0.15, 0.2) is 22.7 Å². The predicted molar refractivity (Wildman–Crippen MR) is 53.4 cm³/mol. The van der Waals surface area contributed by atoms with Crippen LogP contribution in [0, 0.1) is 18.3 Å². The molecule has 66 valence electrons. The number of nitriles is 1. The predicted octanol–water partition coefficient (Wildman–Crippen LogP) is 2.85. The minimum atomic E-state index is -0.141. The lowest BCUT2D eigenvalue weighted by Crippen LogP contribution is -1.99. The number of carbonyl (C=O) groups is 1. The zero-order valence-corrected chi connectivity index (χ0v) is 8.76. The van der Waals surface area contributed by atoms with Crippen molar-refractivity contribution < 1.29 is 4.79 Å². The van der Waals surface area contributed by atoms with Crippen LogP contribution in [-0.2, 0) is 0 Å². The Morgan fingerprint density at radius 1 is 1.62 bits per heavy atom. The van der Waals surface area contributed by atoms with Gasteiger partial charge in [-0.1, -0.05) is 18.2 Å². The molecule has 0 aliphatic rings. The summed E-state index contributed by atoms with van der Waals surface area (Å²) < 4.78 is 0.787. The smallest absolute Gasteiger partial charge is 0.178 e. The van der Waals surface area contributed by atoms with E-state index in [-0.39, 0.29) is 12.2 Å². The molecule has 0 aliphatic carbocycles. The van der Waals surface area contributed by atoms with Crippen molar-refractivity contribution in [1.29, 1.82) is 5.26 Å². The van der Waals surface area contributed by atoms with E-state index in [1.165, 1.54) is 0 Å². The van der Waals surface area contributed by atoms with E-state index < -0.39 is 0 Å². The molecule has 0 amide bonds. The molecule has 0 radical (unpaired) electrons. The summed E-state index contributed by atoms with van der Waals surface area (Å²) in [5.41, 5.74) is 1.59. The number of Topliss-reactive ketones (excluding diaryl/α,β-unsaturated/α-hetero) is 1. The van der Waals surface area contributed by atoms with E-state index in [1.54, 1.807) is 6.07 Å². The molecule has 0 atom stereocenters. The van der Waals surface area contributed by atoms with Crippen LogP contribution in [0.1, 0.15) is 22.3 Å². The van der Waals surface area contributed by atoms with Crippen molar-refractivity contribution >= 4 is 21.7 Å². The van der Waals surface area contributed by atoms with Gasteiger partial charge in [0.05, 0.1) is 12.5 Å². The normalized spacial score (nSPS) is 9.31. The minimum Gasteiger partial charge on any atom is -0.293 e. The van der Waals surface area contributed by atoms with E-state index in [9.17, 15) is 4.79 Å². The largest absolute Gasteiger partial charge is 0.293 e. The highest BCUT2D eigenvalue weighted by Crippen LogP contribution is 2.21. The fraction of sp³-hybridized carbons (Fsp3) is 0.200. The number of ketones is 1. The Hall–Kier alpha value is -1.14. The summed E-state index contributed by atoms with van der Waals surface area (Å²) >= 11 is 3.32. The molecule has 1 rings (SSSR count). The molecule has 2 nitrogen and oxygen atoms in total. The molecule has 3 heteroatoms. The van der Waals surface area contributed by atoms with E-state index in [0.717, 1.165) is 10.0 Å². The number of carbonyl (C=O) groups excluding carboxylic acids is 1. The van der Waals surface area contributed by atoms with Crippen LogP contribution in [0.3, 0.4) is 0 Å². The number of hydrogen-bond acceptors (Lipinski definition) is 2. The van der Waals surface area contributed by atoms with E-state index in [2.05, 4.69) is 15.9 Å². The van der Waals surface area contributed by atoms with Gasteiger partial charge in [-0.3, -0.25) is 4.79 Å². The van der Waals surface area contributed by atoms with Gasteiger partial charge in [-0.05, 0) is 28.4 Å². The summed E-state index contributed by atoms with van der Waals surface area (Å²) in [6.07, 6.45) is -0.0674. The fourth-order valence-electron chi connectivity index (χ4n) is 1.03. The molecule has 0 unspecified atom stereocenters. The SMILES string of the molecule is Cc1cccc(C(=O)CC#N)c1Br. The van der Waals surface area contributed by atoms with Gasteiger partial charge in [-0.2, -0.15) is 5.26 Å². The van der Waals surface area contributed by atoms with Gasteiger partial charge in [-0.25, -0.2) is 0 Å². The maximum absolute atomic E-state index is 11.4. The van der Waals surface area contributed by atoms with Crippen molar-refractivity contribution in [2.75, 3.05) is 0 Å². The Kier molecular flexibility index (Phi) is 3.21. The van der Waals surface area contributed by atoms with Crippen LogP contribution >= 0.6 is 15.9 Å². The van der Waals surface area contributed by atoms with Crippen molar-refractivity contribution in [2.45, 2.75) is 13.3 Å². The second-order valence-electron chi connectivity index (χ2n) is 2.69. The lowest BCUT2D eigenvalue weighted by molar-refractivity contribution is 0.0997. The van der Waals surface area contributed by atoms with Crippen LogP contribution in [-0.4, -0.2) is 5.78 Å². The van der Waals surface area contributed by atoms with E-state index >= 15 is 0 Å². The van der Waals surface area contributed by atoms with Crippen molar-refractivity contribution in [3.63, 3.8) is 0 Å². The zero-order chi connectivity index (χ0) is 9.84. The van der Waals surface area contributed by atoms with Gasteiger partial charge >= 0.3 is 0 Å². The third-order valence-electron chi connectivity index (χ3n) is 1.73. The molecule has 1 aromatic rings. The molecule has 0 N–H and O–H groups in total. The minimum absolute atomic E-state index is 0.0674. The number of hydrogen-bond donors (Lipinski definition) is 0.